The Hall–Kier alpha value is -1.92. The molecule has 0 unspecified atom stereocenters. The van der Waals surface area contributed by atoms with Gasteiger partial charge in [-0.15, -0.1) is 5.10 Å². The first-order valence-corrected chi connectivity index (χ1v) is 4.46. The second-order valence-electron chi connectivity index (χ2n) is 3.33. The fourth-order valence-electron chi connectivity index (χ4n) is 1.50. The minimum absolute atomic E-state index is 0.0165. The Labute approximate surface area is 85.4 Å². The van der Waals surface area contributed by atoms with Gasteiger partial charge in [0.05, 0.1) is 13.7 Å². The van der Waals surface area contributed by atoms with Crippen molar-refractivity contribution in [3.63, 3.8) is 0 Å². The van der Waals surface area contributed by atoms with Gasteiger partial charge >= 0.3 is 5.97 Å². The number of amides is 1. The molecule has 0 aliphatic carbocycles. The molecule has 0 aromatic carbocycles. The molecule has 1 N–H and O–H groups in total. The van der Waals surface area contributed by atoms with Crippen LogP contribution in [0.2, 0.25) is 0 Å². The van der Waals surface area contributed by atoms with Gasteiger partial charge in [-0.05, 0) is 6.92 Å². The summed E-state index contributed by atoms with van der Waals surface area (Å²) in [7, 11) is 1.23. The second-order valence-corrected chi connectivity index (χ2v) is 3.33. The molecule has 0 radical (unpaired) electrons. The van der Waals surface area contributed by atoms with Crippen molar-refractivity contribution < 1.29 is 14.3 Å². The van der Waals surface area contributed by atoms with Gasteiger partial charge in [0, 0.05) is 6.04 Å². The summed E-state index contributed by atoms with van der Waals surface area (Å²) in [5.74, 6) is -1.000. The smallest absolute Gasteiger partial charge is 0.361 e. The monoisotopic (exact) mass is 210 g/mol. The lowest BCUT2D eigenvalue weighted by atomic mass is 10.2. The Kier molecular flexibility index (Phi) is 2.14. The molecular weight excluding hydrogens is 200 g/mol. The Bertz CT molecular complexity index is 426. The molecule has 0 saturated carbocycles. The largest absolute Gasteiger partial charge is 0.464 e. The summed E-state index contributed by atoms with van der Waals surface area (Å²) in [5.41, 5.74) is 0.127. The number of methoxy groups -OCH3 is 1. The summed E-state index contributed by atoms with van der Waals surface area (Å²) in [6.07, 6.45) is 0. The molecule has 2 rings (SSSR count). The molecule has 0 bridgehead atoms. The van der Waals surface area contributed by atoms with Gasteiger partial charge in [-0.25, -0.2) is 9.48 Å². The molecular formula is C8H10N4O3. The zero-order chi connectivity index (χ0) is 11.0. The standard InChI is InChI=1S/C8H10N4O3/c1-4-3-12-6(7(13)9-4)5(10-11-12)8(14)15-2/h4H,3H2,1-2H3,(H,9,13)/t4-/m0/s1. The minimum Gasteiger partial charge on any atom is -0.464 e. The molecule has 2 heterocycles. The Morgan fingerprint density at radius 1 is 1.67 bits per heavy atom. The number of carbonyl (C=O) groups is 2. The predicted molar refractivity (Wildman–Crippen MR) is 48.3 cm³/mol. The third-order valence-electron chi connectivity index (χ3n) is 2.15. The zero-order valence-electron chi connectivity index (χ0n) is 8.35. The van der Waals surface area contributed by atoms with Crippen molar-refractivity contribution in [2.45, 2.75) is 19.5 Å². The first-order chi connectivity index (χ1) is 7.13. The molecule has 1 aromatic rings. The fourth-order valence-corrected chi connectivity index (χ4v) is 1.50. The maximum atomic E-state index is 11.6. The first-order valence-electron chi connectivity index (χ1n) is 4.46. The molecule has 0 spiro atoms. The molecule has 15 heavy (non-hydrogen) atoms. The van der Waals surface area contributed by atoms with E-state index in [1.54, 1.807) is 0 Å². The summed E-state index contributed by atoms with van der Waals surface area (Å²) in [5, 5.41) is 10.1. The van der Waals surface area contributed by atoms with Crippen LogP contribution in [-0.2, 0) is 11.3 Å². The fraction of sp³-hybridized carbons (Fsp3) is 0.500. The van der Waals surface area contributed by atoms with Crippen molar-refractivity contribution in [1.29, 1.82) is 0 Å². The second kappa shape index (κ2) is 3.34. The first kappa shape index (κ1) is 9.63. The summed E-state index contributed by atoms with van der Waals surface area (Å²) in [4.78, 5) is 22.8. The maximum absolute atomic E-state index is 11.6. The van der Waals surface area contributed by atoms with Crippen molar-refractivity contribution in [2.75, 3.05) is 7.11 Å². The van der Waals surface area contributed by atoms with Crippen LogP contribution in [0.1, 0.15) is 27.9 Å². The predicted octanol–water partition coefficient (Wildman–Crippen LogP) is -0.803. The molecule has 1 atom stereocenters. The van der Waals surface area contributed by atoms with Gasteiger partial charge in [-0.2, -0.15) is 0 Å². The lowest BCUT2D eigenvalue weighted by Gasteiger charge is -2.20. The third-order valence-corrected chi connectivity index (χ3v) is 2.15. The van der Waals surface area contributed by atoms with Gasteiger partial charge in [0.1, 0.15) is 0 Å². The summed E-state index contributed by atoms with van der Waals surface area (Å²) >= 11 is 0. The quantitative estimate of drug-likeness (QED) is 0.613. The highest BCUT2D eigenvalue weighted by Gasteiger charge is 2.30. The van der Waals surface area contributed by atoms with E-state index < -0.39 is 5.97 Å². The molecule has 1 amide bonds. The molecule has 1 aromatic heterocycles. The molecule has 7 heteroatoms. The zero-order valence-corrected chi connectivity index (χ0v) is 8.35. The van der Waals surface area contributed by atoms with E-state index in [0.717, 1.165) is 0 Å². The van der Waals surface area contributed by atoms with Crippen LogP contribution >= 0.6 is 0 Å². The van der Waals surface area contributed by atoms with E-state index in [4.69, 9.17) is 0 Å². The van der Waals surface area contributed by atoms with E-state index in [1.807, 2.05) is 6.92 Å². The number of esters is 1. The van der Waals surface area contributed by atoms with Crippen molar-refractivity contribution in [3.8, 4) is 0 Å². The van der Waals surface area contributed by atoms with Crippen molar-refractivity contribution in [3.05, 3.63) is 11.4 Å². The maximum Gasteiger partial charge on any atom is 0.361 e. The number of rotatable bonds is 1. The Morgan fingerprint density at radius 2 is 2.40 bits per heavy atom. The van der Waals surface area contributed by atoms with Crippen LogP contribution in [0.15, 0.2) is 0 Å². The van der Waals surface area contributed by atoms with E-state index in [0.29, 0.717) is 6.54 Å². The van der Waals surface area contributed by atoms with Crippen LogP contribution in [0.4, 0.5) is 0 Å². The lowest BCUT2D eigenvalue weighted by molar-refractivity contribution is 0.0588. The molecule has 80 valence electrons. The SMILES string of the molecule is COC(=O)c1nnn2c1C(=O)N[C@@H](C)C2. The average molecular weight is 210 g/mol. The third kappa shape index (κ3) is 1.45. The van der Waals surface area contributed by atoms with Gasteiger partial charge in [-0.3, -0.25) is 4.79 Å². The topological polar surface area (TPSA) is 86.1 Å². The van der Waals surface area contributed by atoms with Crippen LogP contribution in [0.5, 0.6) is 0 Å². The highest BCUT2D eigenvalue weighted by molar-refractivity contribution is 6.03. The molecule has 0 fully saturated rings. The number of aromatic nitrogens is 3. The molecule has 0 saturated heterocycles. The molecule has 1 aliphatic heterocycles. The van der Waals surface area contributed by atoms with Crippen LogP contribution in [-0.4, -0.2) is 40.0 Å². The Balaban J connectivity index is 2.46. The lowest BCUT2D eigenvalue weighted by Crippen LogP contribution is -2.43. The highest BCUT2D eigenvalue weighted by atomic mass is 16.5. The van der Waals surface area contributed by atoms with Crippen LogP contribution in [0.25, 0.3) is 0 Å². The number of nitrogens with one attached hydrogen (secondary N) is 1. The highest BCUT2D eigenvalue weighted by Crippen LogP contribution is 2.11. The van der Waals surface area contributed by atoms with E-state index in [2.05, 4.69) is 20.4 Å². The summed E-state index contributed by atoms with van der Waals surface area (Å²) in [6, 6.07) is -0.0165. The van der Waals surface area contributed by atoms with Crippen molar-refractivity contribution in [1.82, 2.24) is 20.3 Å². The van der Waals surface area contributed by atoms with Crippen LogP contribution in [0.3, 0.4) is 0 Å². The number of hydrogen-bond acceptors (Lipinski definition) is 5. The Morgan fingerprint density at radius 3 is 3.07 bits per heavy atom. The number of nitrogens with zero attached hydrogens (tertiary/aromatic N) is 3. The van der Waals surface area contributed by atoms with Crippen LogP contribution < -0.4 is 5.32 Å². The van der Waals surface area contributed by atoms with E-state index in [-0.39, 0.29) is 23.3 Å². The van der Waals surface area contributed by atoms with Gasteiger partial charge in [0.15, 0.2) is 5.69 Å². The van der Waals surface area contributed by atoms with Gasteiger partial charge < -0.3 is 10.1 Å². The van der Waals surface area contributed by atoms with E-state index >= 15 is 0 Å². The minimum atomic E-state index is -0.652. The molecule has 7 nitrogen and oxygen atoms in total. The number of hydrogen-bond donors (Lipinski definition) is 1. The van der Waals surface area contributed by atoms with Gasteiger partial charge in [-0.1, -0.05) is 5.21 Å². The van der Waals surface area contributed by atoms with Crippen molar-refractivity contribution in [2.24, 2.45) is 0 Å². The molecule has 1 aliphatic rings. The normalized spacial score (nSPS) is 19.3. The van der Waals surface area contributed by atoms with Gasteiger partial charge in [0.25, 0.3) is 5.91 Å². The van der Waals surface area contributed by atoms with Gasteiger partial charge in [0.2, 0.25) is 5.69 Å². The summed E-state index contributed by atoms with van der Waals surface area (Å²) < 4.78 is 5.91. The number of carbonyl (C=O) groups excluding carboxylic acids is 2. The van der Waals surface area contributed by atoms with Crippen molar-refractivity contribution >= 4 is 11.9 Å². The average Bonchev–Trinajstić information content (AvgIpc) is 2.60. The van der Waals surface area contributed by atoms with E-state index in [1.165, 1.54) is 11.8 Å². The number of fused-ring (bicyclic) bond motifs is 1. The van der Waals surface area contributed by atoms with Crippen LogP contribution in [0, 0.1) is 0 Å². The summed E-state index contributed by atoms with van der Waals surface area (Å²) in [6.45, 7) is 2.35. The number of ether oxygens (including phenoxy) is 1. The van der Waals surface area contributed by atoms with E-state index in [9.17, 15) is 9.59 Å².